The molecule has 0 saturated carbocycles. The van der Waals surface area contributed by atoms with E-state index >= 15 is 0 Å². The molecule has 1 heterocycles. The lowest BCUT2D eigenvalue weighted by atomic mass is 10.2. The van der Waals surface area contributed by atoms with Gasteiger partial charge >= 0.3 is 0 Å². The number of amides is 1. The monoisotopic (exact) mass is 272 g/mol. The highest BCUT2D eigenvalue weighted by Crippen LogP contribution is 2.22. The molecule has 2 aromatic rings. The molecular weight excluding hydrogens is 256 g/mol. The fourth-order valence-corrected chi connectivity index (χ4v) is 1.63. The number of rotatable bonds is 5. The Labute approximate surface area is 117 Å². The predicted octanol–water partition coefficient (Wildman–Crippen LogP) is 1.48. The molecule has 0 radical (unpaired) electrons. The third-order valence-corrected chi connectivity index (χ3v) is 2.62. The van der Waals surface area contributed by atoms with Crippen LogP contribution in [0.5, 0.6) is 11.6 Å². The first-order valence-corrected chi connectivity index (χ1v) is 6.32. The number of nitrogens with two attached hydrogens (primary N) is 1. The van der Waals surface area contributed by atoms with Crippen molar-refractivity contribution in [3.8, 4) is 11.6 Å². The molecule has 0 atom stereocenters. The third-order valence-electron chi connectivity index (χ3n) is 2.62. The first kappa shape index (κ1) is 14.0. The number of carbonyl (C=O) groups excluding carboxylic acids is 1. The molecule has 2 rings (SSSR count). The van der Waals surface area contributed by atoms with Gasteiger partial charge in [-0.25, -0.2) is 0 Å². The van der Waals surface area contributed by atoms with E-state index in [0.717, 1.165) is 5.56 Å². The lowest BCUT2D eigenvalue weighted by molar-refractivity contribution is 0.0949. The quantitative estimate of drug-likeness (QED) is 0.860. The molecule has 6 heteroatoms. The summed E-state index contributed by atoms with van der Waals surface area (Å²) in [5.74, 6) is 0.697. The SMILES string of the molecule is CCNC(=O)c1ccc(Oc2ccccc2CN)nn1. The fourth-order valence-electron chi connectivity index (χ4n) is 1.63. The van der Waals surface area contributed by atoms with Gasteiger partial charge in [0.2, 0.25) is 5.88 Å². The number of benzene rings is 1. The number of hydrogen-bond donors (Lipinski definition) is 2. The second-order valence-electron chi connectivity index (χ2n) is 4.03. The van der Waals surface area contributed by atoms with Crippen LogP contribution < -0.4 is 15.8 Å². The lowest BCUT2D eigenvalue weighted by Crippen LogP contribution is -2.23. The Hall–Kier alpha value is -2.47. The molecule has 3 N–H and O–H groups in total. The minimum atomic E-state index is -0.256. The van der Waals surface area contributed by atoms with Crippen molar-refractivity contribution in [2.45, 2.75) is 13.5 Å². The highest BCUT2D eigenvalue weighted by Gasteiger charge is 2.08. The third kappa shape index (κ3) is 3.30. The van der Waals surface area contributed by atoms with E-state index in [-0.39, 0.29) is 11.6 Å². The molecular formula is C14H16N4O2. The zero-order valence-corrected chi connectivity index (χ0v) is 11.2. The molecule has 104 valence electrons. The largest absolute Gasteiger partial charge is 0.437 e. The zero-order valence-electron chi connectivity index (χ0n) is 11.2. The summed E-state index contributed by atoms with van der Waals surface area (Å²) in [7, 11) is 0. The molecule has 1 aromatic carbocycles. The van der Waals surface area contributed by atoms with Gasteiger partial charge < -0.3 is 15.8 Å². The molecule has 0 unspecified atom stereocenters. The number of nitrogens with zero attached hydrogens (tertiary/aromatic N) is 2. The van der Waals surface area contributed by atoms with Gasteiger partial charge in [0.15, 0.2) is 5.69 Å². The van der Waals surface area contributed by atoms with Gasteiger partial charge in [-0.2, -0.15) is 0 Å². The van der Waals surface area contributed by atoms with Crippen LogP contribution in [0.15, 0.2) is 36.4 Å². The summed E-state index contributed by atoms with van der Waals surface area (Å²) in [6.45, 7) is 2.76. The Morgan fingerprint density at radius 1 is 1.25 bits per heavy atom. The molecule has 0 spiro atoms. The molecule has 1 amide bonds. The number of carbonyl (C=O) groups is 1. The van der Waals surface area contributed by atoms with Crippen LogP contribution in [0.1, 0.15) is 23.0 Å². The van der Waals surface area contributed by atoms with E-state index in [4.69, 9.17) is 10.5 Å². The Balaban J connectivity index is 2.13. The molecule has 0 saturated heterocycles. The van der Waals surface area contributed by atoms with Crippen molar-refractivity contribution in [3.05, 3.63) is 47.7 Å². The van der Waals surface area contributed by atoms with E-state index in [9.17, 15) is 4.79 Å². The van der Waals surface area contributed by atoms with E-state index in [1.54, 1.807) is 12.1 Å². The van der Waals surface area contributed by atoms with Gasteiger partial charge in [0, 0.05) is 24.7 Å². The smallest absolute Gasteiger partial charge is 0.271 e. The average molecular weight is 272 g/mol. The lowest BCUT2D eigenvalue weighted by Gasteiger charge is -2.08. The molecule has 1 aromatic heterocycles. The van der Waals surface area contributed by atoms with Crippen molar-refractivity contribution < 1.29 is 9.53 Å². The van der Waals surface area contributed by atoms with Gasteiger partial charge in [-0.05, 0) is 19.1 Å². The van der Waals surface area contributed by atoms with Crippen molar-refractivity contribution in [2.24, 2.45) is 5.73 Å². The standard InChI is InChI=1S/C14H16N4O2/c1-2-16-14(19)11-7-8-13(18-17-11)20-12-6-4-3-5-10(12)9-15/h3-8H,2,9,15H2,1H3,(H,16,19). The summed E-state index contributed by atoms with van der Waals surface area (Å²) in [6.07, 6.45) is 0. The topological polar surface area (TPSA) is 90.1 Å². The van der Waals surface area contributed by atoms with Crippen LogP contribution in [-0.4, -0.2) is 22.6 Å². The van der Waals surface area contributed by atoms with Crippen molar-refractivity contribution in [1.29, 1.82) is 0 Å². The van der Waals surface area contributed by atoms with E-state index in [1.165, 1.54) is 0 Å². The molecule has 6 nitrogen and oxygen atoms in total. The average Bonchev–Trinajstić information content (AvgIpc) is 2.49. The second-order valence-corrected chi connectivity index (χ2v) is 4.03. The van der Waals surface area contributed by atoms with Crippen LogP contribution in [0, 0.1) is 0 Å². The van der Waals surface area contributed by atoms with E-state index in [0.29, 0.717) is 24.7 Å². The summed E-state index contributed by atoms with van der Waals surface area (Å²) < 4.78 is 5.61. The van der Waals surface area contributed by atoms with E-state index in [1.807, 2.05) is 31.2 Å². The maximum Gasteiger partial charge on any atom is 0.271 e. The number of ether oxygens (including phenoxy) is 1. The Kier molecular flexibility index (Phi) is 4.62. The van der Waals surface area contributed by atoms with Gasteiger partial charge in [-0.15, -0.1) is 10.2 Å². The summed E-state index contributed by atoms with van der Waals surface area (Å²) in [5.41, 5.74) is 6.77. The van der Waals surface area contributed by atoms with Gasteiger partial charge in [0.1, 0.15) is 5.75 Å². The van der Waals surface area contributed by atoms with Crippen LogP contribution in [0.2, 0.25) is 0 Å². The number of nitrogens with one attached hydrogen (secondary N) is 1. The van der Waals surface area contributed by atoms with Crippen molar-refractivity contribution in [1.82, 2.24) is 15.5 Å². The Morgan fingerprint density at radius 3 is 2.70 bits per heavy atom. The number of hydrogen-bond acceptors (Lipinski definition) is 5. The molecule has 0 aliphatic rings. The summed E-state index contributed by atoms with van der Waals surface area (Å²) in [4.78, 5) is 11.5. The summed E-state index contributed by atoms with van der Waals surface area (Å²) >= 11 is 0. The van der Waals surface area contributed by atoms with E-state index < -0.39 is 0 Å². The van der Waals surface area contributed by atoms with Crippen molar-refractivity contribution in [3.63, 3.8) is 0 Å². The van der Waals surface area contributed by atoms with Crippen molar-refractivity contribution in [2.75, 3.05) is 6.54 Å². The molecule has 0 fully saturated rings. The summed E-state index contributed by atoms with van der Waals surface area (Å²) in [6, 6.07) is 10.6. The Morgan fingerprint density at radius 2 is 2.05 bits per heavy atom. The van der Waals surface area contributed by atoms with E-state index in [2.05, 4.69) is 15.5 Å². The van der Waals surface area contributed by atoms with Crippen LogP contribution >= 0.6 is 0 Å². The van der Waals surface area contributed by atoms with Crippen molar-refractivity contribution >= 4 is 5.91 Å². The highest BCUT2D eigenvalue weighted by molar-refractivity contribution is 5.91. The van der Waals surface area contributed by atoms with Crippen LogP contribution in [0.4, 0.5) is 0 Å². The van der Waals surface area contributed by atoms with Crippen LogP contribution in [-0.2, 0) is 6.54 Å². The normalized spacial score (nSPS) is 10.1. The minimum absolute atomic E-state index is 0.256. The first-order chi connectivity index (χ1) is 9.74. The zero-order chi connectivity index (χ0) is 14.4. The van der Waals surface area contributed by atoms with Gasteiger partial charge in [0.05, 0.1) is 0 Å². The first-order valence-electron chi connectivity index (χ1n) is 6.32. The molecule has 0 aliphatic carbocycles. The van der Waals surface area contributed by atoms with Crippen LogP contribution in [0.25, 0.3) is 0 Å². The second kappa shape index (κ2) is 6.63. The maximum absolute atomic E-state index is 11.5. The van der Waals surface area contributed by atoms with Gasteiger partial charge in [0.25, 0.3) is 5.91 Å². The number of para-hydroxylation sites is 1. The Bertz CT molecular complexity index is 584. The highest BCUT2D eigenvalue weighted by atomic mass is 16.5. The molecule has 0 aliphatic heterocycles. The fraction of sp³-hybridized carbons (Fsp3) is 0.214. The predicted molar refractivity (Wildman–Crippen MR) is 74.4 cm³/mol. The summed E-state index contributed by atoms with van der Waals surface area (Å²) in [5, 5.41) is 10.4. The molecule has 20 heavy (non-hydrogen) atoms. The van der Waals surface area contributed by atoms with Gasteiger partial charge in [-0.3, -0.25) is 4.79 Å². The van der Waals surface area contributed by atoms with Gasteiger partial charge in [-0.1, -0.05) is 18.2 Å². The minimum Gasteiger partial charge on any atom is -0.437 e. The molecule has 0 bridgehead atoms. The number of aromatic nitrogens is 2. The van der Waals surface area contributed by atoms with Crippen LogP contribution in [0.3, 0.4) is 0 Å². The maximum atomic E-state index is 11.5.